The zero-order valence-corrected chi connectivity index (χ0v) is 12.1. The van der Waals surface area contributed by atoms with E-state index in [1.54, 1.807) is 4.52 Å². The lowest BCUT2D eigenvalue weighted by Gasteiger charge is -2.12. The molecule has 0 spiro atoms. The molecule has 0 bridgehead atoms. The minimum Gasteiger partial charge on any atom is -0.391 e. The smallest absolute Gasteiger partial charge is 0.243 e. The van der Waals surface area contributed by atoms with Crippen molar-refractivity contribution in [1.82, 2.24) is 14.6 Å². The SMILES string of the molecule is CC(C)CC(O)CNc1nc2ccc(Br)cn2n1. The lowest BCUT2D eigenvalue weighted by Crippen LogP contribution is -2.21. The summed E-state index contributed by atoms with van der Waals surface area (Å²) in [5, 5.41) is 17.1. The second-order valence-electron chi connectivity index (χ2n) is 4.75. The molecule has 2 aromatic rings. The van der Waals surface area contributed by atoms with Crippen LogP contribution in [0.25, 0.3) is 5.65 Å². The van der Waals surface area contributed by atoms with Crippen molar-refractivity contribution >= 4 is 27.5 Å². The predicted molar refractivity (Wildman–Crippen MR) is 74.6 cm³/mol. The van der Waals surface area contributed by atoms with Gasteiger partial charge in [-0.2, -0.15) is 4.98 Å². The molecule has 5 nitrogen and oxygen atoms in total. The number of hydrogen-bond donors (Lipinski definition) is 2. The fourth-order valence-electron chi connectivity index (χ4n) is 1.77. The number of rotatable bonds is 5. The molecule has 0 radical (unpaired) electrons. The molecular weight excluding hydrogens is 296 g/mol. The summed E-state index contributed by atoms with van der Waals surface area (Å²) in [6, 6.07) is 3.80. The first-order valence-electron chi connectivity index (χ1n) is 5.98. The molecule has 0 aliphatic rings. The third kappa shape index (κ3) is 3.43. The number of fused-ring (bicyclic) bond motifs is 1. The molecule has 0 aliphatic carbocycles. The molecule has 0 fully saturated rings. The van der Waals surface area contributed by atoms with Gasteiger partial charge in [-0.25, -0.2) is 4.52 Å². The van der Waals surface area contributed by atoms with E-state index in [1.165, 1.54) is 0 Å². The van der Waals surface area contributed by atoms with Gasteiger partial charge in [0.15, 0.2) is 5.65 Å². The van der Waals surface area contributed by atoms with E-state index in [1.807, 2.05) is 18.3 Å². The molecule has 2 N–H and O–H groups in total. The normalized spacial score (nSPS) is 13.2. The van der Waals surface area contributed by atoms with E-state index in [-0.39, 0.29) is 6.10 Å². The summed E-state index contributed by atoms with van der Waals surface area (Å²) in [6.07, 6.45) is 2.24. The molecule has 2 rings (SSSR count). The minimum absolute atomic E-state index is 0.372. The molecule has 1 atom stereocenters. The third-order valence-electron chi connectivity index (χ3n) is 2.53. The number of aliphatic hydroxyl groups is 1. The number of hydrogen-bond acceptors (Lipinski definition) is 4. The first kappa shape index (κ1) is 13.3. The predicted octanol–water partition coefficient (Wildman–Crippen LogP) is 2.31. The van der Waals surface area contributed by atoms with Crippen LogP contribution in [0.3, 0.4) is 0 Å². The molecule has 0 aromatic carbocycles. The Balaban J connectivity index is 1.99. The van der Waals surface area contributed by atoms with Crippen LogP contribution in [0.4, 0.5) is 5.95 Å². The average Bonchev–Trinajstić information content (AvgIpc) is 2.67. The first-order chi connectivity index (χ1) is 8.54. The molecule has 0 aliphatic heterocycles. The van der Waals surface area contributed by atoms with Crippen LogP contribution in [-0.4, -0.2) is 32.4 Å². The van der Waals surface area contributed by atoms with Crippen LogP contribution in [0, 0.1) is 5.92 Å². The zero-order valence-electron chi connectivity index (χ0n) is 10.5. The third-order valence-corrected chi connectivity index (χ3v) is 3.00. The summed E-state index contributed by atoms with van der Waals surface area (Å²) in [5.74, 6) is 1.02. The monoisotopic (exact) mass is 312 g/mol. The van der Waals surface area contributed by atoms with Gasteiger partial charge >= 0.3 is 0 Å². The van der Waals surface area contributed by atoms with Crippen molar-refractivity contribution in [3.05, 3.63) is 22.8 Å². The Morgan fingerprint density at radius 2 is 2.22 bits per heavy atom. The van der Waals surface area contributed by atoms with E-state index < -0.39 is 0 Å². The molecule has 0 amide bonds. The van der Waals surface area contributed by atoms with Gasteiger partial charge in [-0.3, -0.25) is 0 Å². The van der Waals surface area contributed by atoms with E-state index in [9.17, 15) is 5.11 Å². The van der Waals surface area contributed by atoms with Crippen LogP contribution in [0.15, 0.2) is 22.8 Å². The number of halogens is 1. The standard InChI is InChI=1S/C12H17BrN4O/c1-8(2)5-10(18)6-14-12-15-11-4-3-9(13)7-17(11)16-12/h3-4,7-8,10,18H,5-6H2,1-2H3,(H,14,16). The molecule has 2 heterocycles. The van der Waals surface area contributed by atoms with Crippen LogP contribution in [0.1, 0.15) is 20.3 Å². The molecular formula is C12H17BrN4O. The second kappa shape index (κ2) is 5.67. The van der Waals surface area contributed by atoms with Crippen LogP contribution in [-0.2, 0) is 0 Å². The van der Waals surface area contributed by atoms with Crippen molar-refractivity contribution in [2.24, 2.45) is 5.92 Å². The summed E-state index contributed by atoms with van der Waals surface area (Å²) in [4.78, 5) is 4.31. The highest BCUT2D eigenvalue weighted by Crippen LogP contribution is 2.12. The van der Waals surface area contributed by atoms with Crippen molar-refractivity contribution in [3.8, 4) is 0 Å². The lowest BCUT2D eigenvalue weighted by molar-refractivity contribution is 0.161. The van der Waals surface area contributed by atoms with Gasteiger partial charge in [0.25, 0.3) is 0 Å². The van der Waals surface area contributed by atoms with Gasteiger partial charge in [0.2, 0.25) is 5.95 Å². The second-order valence-corrected chi connectivity index (χ2v) is 5.67. The van der Waals surface area contributed by atoms with E-state index in [4.69, 9.17) is 0 Å². The number of aromatic nitrogens is 3. The van der Waals surface area contributed by atoms with Gasteiger partial charge in [0.05, 0.1) is 6.10 Å². The van der Waals surface area contributed by atoms with Crippen molar-refractivity contribution in [2.75, 3.05) is 11.9 Å². The van der Waals surface area contributed by atoms with Crippen LogP contribution in [0.5, 0.6) is 0 Å². The maximum absolute atomic E-state index is 9.77. The van der Waals surface area contributed by atoms with Crippen LogP contribution in [0.2, 0.25) is 0 Å². The molecule has 0 saturated carbocycles. The van der Waals surface area contributed by atoms with Crippen molar-refractivity contribution in [3.63, 3.8) is 0 Å². The fraction of sp³-hybridized carbons (Fsp3) is 0.500. The Morgan fingerprint density at radius 1 is 1.44 bits per heavy atom. The largest absolute Gasteiger partial charge is 0.391 e. The Kier molecular flexibility index (Phi) is 4.19. The molecule has 98 valence electrons. The summed E-state index contributed by atoms with van der Waals surface area (Å²) >= 11 is 3.38. The maximum Gasteiger partial charge on any atom is 0.243 e. The Bertz CT molecular complexity index is 526. The number of nitrogens with zero attached hydrogens (tertiary/aromatic N) is 3. The molecule has 1 unspecified atom stereocenters. The van der Waals surface area contributed by atoms with E-state index in [0.29, 0.717) is 18.4 Å². The number of nitrogens with one attached hydrogen (secondary N) is 1. The van der Waals surface area contributed by atoms with Gasteiger partial charge in [0.1, 0.15) is 0 Å². The summed E-state index contributed by atoms with van der Waals surface area (Å²) < 4.78 is 2.65. The van der Waals surface area contributed by atoms with Gasteiger partial charge in [-0.15, -0.1) is 5.10 Å². The molecule has 0 saturated heterocycles. The fourth-order valence-corrected chi connectivity index (χ4v) is 2.10. The quantitative estimate of drug-likeness (QED) is 0.889. The van der Waals surface area contributed by atoms with E-state index >= 15 is 0 Å². The highest BCUT2D eigenvalue weighted by molar-refractivity contribution is 9.10. The Morgan fingerprint density at radius 3 is 2.94 bits per heavy atom. The lowest BCUT2D eigenvalue weighted by atomic mass is 10.1. The summed E-state index contributed by atoms with van der Waals surface area (Å²) in [6.45, 7) is 4.64. The Labute approximate surface area is 114 Å². The summed E-state index contributed by atoms with van der Waals surface area (Å²) in [5.41, 5.74) is 0.777. The molecule has 6 heteroatoms. The average molecular weight is 313 g/mol. The topological polar surface area (TPSA) is 62.5 Å². The van der Waals surface area contributed by atoms with Crippen LogP contribution < -0.4 is 5.32 Å². The van der Waals surface area contributed by atoms with Gasteiger partial charge < -0.3 is 10.4 Å². The number of pyridine rings is 1. The first-order valence-corrected chi connectivity index (χ1v) is 6.78. The van der Waals surface area contributed by atoms with Crippen LogP contribution >= 0.6 is 15.9 Å². The Hall–Kier alpha value is -1.14. The molecule has 2 aromatic heterocycles. The number of anilines is 1. The number of aliphatic hydroxyl groups excluding tert-OH is 1. The summed E-state index contributed by atoms with van der Waals surface area (Å²) in [7, 11) is 0. The van der Waals surface area contributed by atoms with Crippen molar-refractivity contribution < 1.29 is 5.11 Å². The van der Waals surface area contributed by atoms with Gasteiger partial charge in [-0.05, 0) is 40.4 Å². The highest BCUT2D eigenvalue weighted by Gasteiger charge is 2.09. The zero-order chi connectivity index (χ0) is 13.1. The van der Waals surface area contributed by atoms with Crippen molar-refractivity contribution in [1.29, 1.82) is 0 Å². The van der Waals surface area contributed by atoms with Gasteiger partial charge in [-0.1, -0.05) is 13.8 Å². The van der Waals surface area contributed by atoms with E-state index in [2.05, 4.69) is 45.2 Å². The van der Waals surface area contributed by atoms with Crippen molar-refractivity contribution in [2.45, 2.75) is 26.4 Å². The maximum atomic E-state index is 9.77. The van der Waals surface area contributed by atoms with E-state index in [0.717, 1.165) is 16.5 Å². The molecule has 18 heavy (non-hydrogen) atoms. The van der Waals surface area contributed by atoms with Gasteiger partial charge in [0, 0.05) is 17.2 Å². The highest BCUT2D eigenvalue weighted by atomic mass is 79.9. The minimum atomic E-state index is -0.372.